The third-order valence-corrected chi connectivity index (χ3v) is 5.72. The zero-order chi connectivity index (χ0) is 23.3. The molecule has 2 aromatic carbocycles. The molecule has 0 aliphatic heterocycles. The van der Waals surface area contributed by atoms with E-state index in [0.29, 0.717) is 23.8 Å². The molecule has 0 bridgehead atoms. The maximum atomic E-state index is 5.54. The maximum Gasteiger partial charge on any atom is 0.206 e. The lowest BCUT2D eigenvalue weighted by atomic mass is 10.1. The van der Waals surface area contributed by atoms with Crippen molar-refractivity contribution in [3.8, 4) is 28.5 Å². The first-order valence-electron chi connectivity index (χ1n) is 10.1. The third-order valence-electron chi connectivity index (χ3n) is 4.87. The largest absolute Gasteiger partial charge is 0.493 e. The summed E-state index contributed by atoms with van der Waals surface area (Å²) in [7, 11) is 4.80. The molecule has 6 nitrogen and oxygen atoms in total. The molecule has 168 valence electrons. The van der Waals surface area contributed by atoms with Crippen molar-refractivity contribution in [2.75, 3.05) is 27.9 Å². The SMILES string of the molecule is C=C(C)CN=c1scc(-c2cc(OC)c(OC)c(OC)c2)n1N=Cc1ccc(C)cc1C. The Morgan fingerprint density at radius 3 is 2.31 bits per heavy atom. The number of hydrogen-bond acceptors (Lipinski definition) is 6. The Morgan fingerprint density at radius 2 is 1.75 bits per heavy atom. The van der Waals surface area contributed by atoms with Gasteiger partial charge in [-0.15, -0.1) is 11.3 Å². The average Bonchev–Trinajstić information content (AvgIpc) is 3.18. The van der Waals surface area contributed by atoms with Crippen LogP contribution in [0.3, 0.4) is 0 Å². The fourth-order valence-corrected chi connectivity index (χ4v) is 4.08. The molecule has 0 aliphatic carbocycles. The van der Waals surface area contributed by atoms with Crippen LogP contribution in [0, 0.1) is 13.8 Å². The number of benzene rings is 2. The van der Waals surface area contributed by atoms with Gasteiger partial charge in [0.1, 0.15) is 0 Å². The minimum absolute atomic E-state index is 0.536. The van der Waals surface area contributed by atoms with Gasteiger partial charge >= 0.3 is 0 Å². The summed E-state index contributed by atoms with van der Waals surface area (Å²) >= 11 is 1.52. The standard InChI is InChI=1S/C25H29N3O3S/c1-16(2)13-26-25-28(27-14-19-9-8-17(3)10-18(19)4)21(15-32-25)20-11-22(29-5)24(31-7)23(12-20)30-6/h8-12,14-15H,1,13H2,2-7H3. The number of aryl methyl sites for hydroxylation is 2. The Bertz CT molecular complexity index is 1200. The van der Waals surface area contributed by atoms with Crippen molar-refractivity contribution in [2.24, 2.45) is 10.1 Å². The van der Waals surface area contributed by atoms with Crippen LogP contribution in [0.1, 0.15) is 23.6 Å². The average molecular weight is 452 g/mol. The lowest BCUT2D eigenvalue weighted by molar-refractivity contribution is 0.324. The van der Waals surface area contributed by atoms with Crippen LogP contribution in [-0.2, 0) is 0 Å². The summed E-state index contributed by atoms with van der Waals surface area (Å²) in [4.78, 5) is 5.48. The number of nitrogens with zero attached hydrogens (tertiary/aromatic N) is 3. The van der Waals surface area contributed by atoms with Crippen LogP contribution in [0.5, 0.6) is 17.2 Å². The van der Waals surface area contributed by atoms with Crippen molar-refractivity contribution in [1.29, 1.82) is 0 Å². The number of hydrogen-bond donors (Lipinski definition) is 0. The van der Waals surface area contributed by atoms with E-state index in [4.69, 9.17) is 24.3 Å². The lowest BCUT2D eigenvalue weighted by Gasteiger charge is -2.14. The van der Waals surface area contributed by atoms with Crippen LogP contribution in [0.4, 0.5) is 0 Å². The van der Waals surface area contributed by atoms with Gasteiger partial charge in [-0.2, -0.15) is 5.10 Å². The van der Waals surface area contributed by atoms with Crippen molar-refractivity contribution < 1.29 is 14.2 Å². The fraction of sp³-hybridized carbons (Fsp3) is 0.280. The molecule has 0 aliphatic rings. The molecule has 32 heavy (non-hydrogen) atoms. The minimum atomic E-state index is 0.536. The molecule has 3 aromatic rings. The normalized spacial score (nSPS) is 11.8. The van der Waals surface area contributed by atoms with Crippen molar-refractivity contribution in [1.82, 2.24) is 4.68 Å². The van der Waals surface area contributed by atoms with E-state index in [-0.39, 0.29) is 0 Å². The molecule has 0 saturated heterocycles. The Labute approximate surface area is 193 Å². The summed E-state index contributed by atoms with van der Waals surface area (Å²) < 4.78 is 18.4. The number of thiazole rings is 1. The highest BCUT2D eigenvalue weighted by Gasteiger charge is 2.17. The van der Waals surface area contributed by atoms with E-state index in [1.807, 2.05) is 35.3 Å². The van der Waals surface area contributed by atoms with Gasteiger partial charge in [-0.1, -0.05) is 35.9 Å². The molecule has 0 radical (unpaired) electrons. The van der Waals surface area contributed by atoms with Gasteiger partial charge in [-0.05, 0) is 44.0 Å². The number of rotatable bonds is 8. The second-order valence-corrected chi connectivity index (χ2v) is 8.34. The Morgan fingerprint density at radius 1 is 1.06 bits per heavy atom. The highest BCUT2D eigenvalue weighted by Crippen LogP contribution is 2.41. The molecular weight excluding hydrogens is 422 g/mol. The number of methoxy groups -OCH3 is 3. The van der Waals surface area contributed by atoms with Crippen molar-refractivity contribution in [2.45, 2.75) is 20.8 Å². The van der Waals surface area contributed by atoms with E-state index in [0.717, 1.165) is 27.2 Å². The van der Waals surface area contributed by atoms with E-state index in [9.17, 15) is 0 Å². The number of aromatic nitrogens is 1. The molecule has 1 aromatic heterocycles. The summed E-state index contributed by atoms with van der Waals surface area (Å²) in [5.74, 6) is 1.71. The first kappa shape index (κ1) is 23.3. The summed E-state index contributed by atoms with van der Waals surface area (Å²) in [6.07, 6.45) is 1.86. The molecule has 3 rings (SSSR count). The Balaban J connectivity index is 2.18. The smallest absolute Gasteiger partial charge is 0.206 e. The highest BCUT2D eigenvalue weighted by atomic mass is 32.1. The van der Waals surface area contributed by atoms with Crippen LogP contribution >= 0.6 is 11.3 Å². The molecular formula is C25H29N3O3S. The van der Waals surface area contributed by atoms with E-state index < -0.39 is 0 Å². The third kappa shape index (κ3) is 5.11. The Hall–Kier alpha value is -3.32. The summed E-state index contributed by atoms with van der Waals surface area (Å²) in [6, 6.07) is 10.1. The van der Waals surface area contributed by atoms with Crippen molar-refractivity contribution in [3.05, 3.63) is 69.4 Å². The molecule has 0 unspecified atom stereocenters. The van der Waals surface area contributed by atoms with Gasteiger partial charge in [-0.3, -0.25) is 4.99 Å². The summed E-state index contributed by atoms with van der Waals surface area (Å²) in [5.41, 5.74) is 6.17. The zero-order valence-corrected chi connectivity index (χ0v) is 20.2. The van der Waals surface area contributed by atoms with Crippen LogP contribution in [0.25, 0.3) is 11.3 Å². The van der Waals surface area contributed by atoms with Crippen LogP contribution < -0.4 is 19.0 Å². The highest BCUT2D eigenvalue weighted by molar-refractivity contribution is 7.07. The minimum Gasteiger partial charge on any atom is -0.493 e. The first-order valence-corrected chi connectivity index (χ1v) is 11.0. The van der Waals surface area contributed by atoms with Gasteiger partial charge in [-0.25, -0.2) is 4.68 Å². The molecule has 0 spiro atoms. The monoisotopic (exact) mass is 451 g/mol. The summed E-state index contributed by atoms with van der Waals surface area (Å²) in [6.45, 7) is 10.6. The quantitative estimate of drug-likeness (QED) is 0.349. The predicted molar refractivity (Wildman–Crippen MR) is 132 cm³/mol. The maximum absolute atomic E-state index is 5.54. The van der Waals surface area contributed by atoms with Gasteiger partial charge in [0.15, 0.2) is 11.5 Å². The lowest BCUT2D eigenvalue weighted by Crippen LogP contribution is -2.13. The van der Waals surface area contributed by atoms with E-state index >= 15 is 0 Å². The fourth-order valence-electron chi connectivity index (χ4n) is 3.24. The topological polar surface area (TPSA) is 57.3 Å². The first-order chi connectivity index (χ1) is 15.4. The molecule has 0 fully saturated rings. The van der Waals surface area contributed by atoms with Crippen LogP contribution in [0.2, 0.25) is 0 Å². The van der Waals surface area contributed by atoms with E-state index in [1.165, 1.54) is 22.5 Å². The van der Waals surface area contributed by atoms with Crippen molar-refractivity contribution in [3.63, 3.8) is 0 Å². The van der Waals surface area contributed by atoms with Gasteiger partial charge in [0.25, 0.3) is 0 Å². The Kier molecular flexibility index (Phi) is 7.53. The van der Waals surface area contributed by atoms with Crippen LogP contribution in [-0.4, -0.2) is 38.8 Å². The molecule has 1 heterocycles. The molecule has 0 N–H and O–H groups in total. The second kappa shape index (κ2) is 10.3. The van der Waals surface area contributed by atoms with Gasteiger partial charge < -0.3 is 14.2 Å². The van der Waals surface area contributed by atoms with E-state index in [2.05, 4.69) is 38.6 Å². The number of ether oxygens (including phenoxy) is 3. The van der Waals surface area contributed by atoms with Crippen LogP contribution in [0.15, 0.2) is 58.0 Å². The van der Waals surface area contributed by atoms with Crippen molar-refractivity contribution >= 4 is 17.6 Å². The predicted octanol–water partition coefficient (Wildman–Crippen LogP) is 5.22. The van der Waals surface area contributed by atoms with E-state index in [1.54, 1.807) is 21.3 Å². The molecule has 0 amide bonds. The van der Waals surface area contributed by atoms with Gasteiger partial charge in [0.2, 0.25) is 10.6 Å². The molecule has 0 atom stereocenters. The second-order valence-electron chi connectivity index (χ2n) is 7.51. The summed E-state index contributed by atoms with van der Waals surface area (Å²) in [5, 5.41) is 6.83. The van der Waals surface area contributed by atoms with Gasteiger partial charge in [0.05, 0.1) is 39.8 Å². The molecule has 7 heteroatoms. The van der Waals surface area contributed by atoms with Gasteiger partial charge in [0, 0.05) is 10.9 Å². The molecule has 0 saturated carbocycles. The zero-order valence-electron chi connectivity index (χ0n) is 19.4.